The molecule has 1 aliphatic heterocycles. The average Bonchev–Trinajstić information content (AvgIpc) is 2.94. The molecule has 0 saturated carbocycles. The van der Waals surface area contributed by atoms with Crippen molar-refractivity contribution >= 4 is 43.8 Å². The molecule has 2 N–H and O–H groups in total. The lowest BCUT2D eigenvalue weighted by atomic mass is 9.82. The van der Waals surface area contributed by atoms with E-state index in [9.17, 15) is 18.0 Å². The first-order valence-electron chi connectivity index (χ1n) is 13.8. The molecule has 1 heterocycles. The van der Waals surface area contributed by atoms with Crippen LogP contribution in [0, 0.1) is 17.8 Å². The van der Waals surface area contributed by atoms with Gasteiger partial charge < -0.3 is 4.74 Å². The lowest BCUT2D eigenvalue weighted by Crippen LogP contribution is -2.50. The number of rotatable bonds is 14. The second-order valence-corrected chi connectivity index (χ2v) is 13.5. The Morgan fingerprint density at radius 2 is 1.78 bits per heavy atom. The highest BCUT2D eigenvalue weighted by Crippen LogP contribution is 2.26. The van der Waals surface area contributed by atoms with Crippen molar-refractivity contribution in [3.05, 3.63) is 76.3 Å². The zero-order chi connectivity index (χ0) is 29.8. The zero-order valence-corrected chi connectivity index (χ0v) is 26.2. The predicted molar refractivity (Wildman–Crippen MR) is 162 cm³/mol. The Morgan fingerprint density at radius 1 is 1.07 bits per heavy atom. The van der Waals surface area contributed by atoms with Gasteiger partial charge in [-0.05, 0) is 54.9 Å². The second kappa shape index (κ2) is 16.2. The van der Waals surface area contributed by atoms with Gasteiger partial charge in [0.05, 0.1) is 24.6 Å². The van der Waals surface area contributed by atoms with E-state index in [2.05, 4.69) is 26.8 Å². The van der Waals surface area contributed by atoms with Gasteiger partial charge >= 0.3 is 0 Å². The summed E-state index contributed by atoms with van der Waals surface area (Å²) in [7, 11) is -3.82. The lowest BCUT2D eigenvalue weighted by molar-refractivity contribution is -0.203. The monoisotopic (exact) mass is 649 g/mol. The minimum atomic E-state index is -3.82. The van der Waals surface area contributed by atoms with E-state index in [-0.39, 0.29) is 18.9 Å². The summed E-state index contributed by atoms with van der Waals surface area (Å²) in [6.45, 7) is 4.41. The first kappa shape index (κ1) is 32.9. The Bertz CT molecular complexity index is 1250. The van der Waals surface area contributed by atoms with Crippen molar-refractivity contribution < 1.29 is 27.6 Å². The Balaban J connectivity index is 1.84. The largest absolute Gasteiger partial charge is 0.350 e. The van der Waals surface area contributed by atoms with Crippen molar-refractivity contribution in [1.82, 2.24) is 15.3 Å². The van der Waals surface area contributed by atoms with Gasteiger partial charge in [-0.25, -0.2) is 18.7 Å². The van der Waals surface area contributed by atoms with Crippen molar-refractivity contribution in [3.8, 4) is 0 Å². The fourth-order valence-corrected chi connectivity index (χ4v) is 5.44. The van der Waals surface area contributed by atoms with Gasteiger partial charge in [-0.3, -0.25) is 15.0 Å². The van der Waals surface area contributed by atoms with Crippen molar-refractivity contribution in [3.63, 3.8) is 0 Å². The molecule has 3 rings (SSSR count). The number of hydrazine groups is 1. The highest BCUT2D eigenvalue weighted by atomic mass is 79.9. The van der Waals surface area contributed by atoms with Crippen LogP contribution in [0.25, 0.3) is 6.08 Å². The highest BCUT2D eigenvalue weighted by molar-refractivity contribution is 9.10. The minimum Gasteiger partial charge on any atom is -0.350 e. The summed E-state index contributed by atoms with van der Waals surface area (Å²) in [6.07, 6.45) is 7.38. The van der Waals surface area contributed by atoms with E-state index in [4.69, 9.17) is 9.57 Å². The summed E-state index contributed by atoms with van der Waals surface area (Å²) in [6, 6.07) is 16.8. The van der Waals surface area contributed by atoms with Gasteiger partial charge in [-0.15, -0.1) is 4.41 Å². The molecular weight excluding hydrogens is 610 g/mol. The summed E-state index contributed by atoms with van der Waals surface area (Å²) < 4.78 is 32.7. The predicted octanol–water partition coefficient (Wildman–Crippen LogP) is 5.20. The first-order chi connectivity index (χ1) is 19.5. The van der Waals surface area contributed by atoms with Gasteiger partial charge in [0.25, 0.3) is 0 Å². The van der Waals surface area contributed by atoms with Gasteiger partial charge in [-0.1, -0.05) is 84.4 Å². The van der Waals surface area contributed by atoms with Crippen LogP contribution < -0.4 is 10.9 Å². The van der Waals surface area contributed by atoms with Gasteiger partial charge in [0, 0.05) is 17.5 Å². The number of amides is 2. The van der Waals surface area contributed by atoms with Crippen LogP contribution in [0.2, 0.25) is 0 Å². The molecule has 2 amide bonds. The van der Waals surface area contributed by atoms with Crippen LogP contribution in [-0.4, -0.2) is 43.8 Å². The first-order valence-corrected chi connectivity index (χ1v) is 16.5. The van der Waals surface area contributed by atoms with Crippen molar-refractivity contribution in [2.75, 3.05) is 12.9 Å². The summed E-state index contributed by atoms with van der Waals surface area (Å²) in [5.74, 6) is -2.62. The topological polar surface area (TPSA) is 114 Å². The second-order valence-electron chi connectivity index (χ2n) is 10.6. The molecule has 0 bridgehead atoms. The van der Waals surface area contributed by atoms with E-state index >= 15 is 0 Å². The normalized spacial score (nSPS) is 17.5. The maximum Gasteiger partial charge on any atom is 0.247 e. The van der Waals surface area contributed by atoms with Crippen molar-refractivity contribution in [1.29, 1.82) is 0 Å². The molecule has 11 heteroatoms. The molecule has 41 heavy (non-hydrogen) atoms. The van der Waals surface area contributed by atoms with Crippen LogP contribution in [0.4, 0.5) is 0 Å². The van der Waals surface area contributed by atoms with E-state index in [1.54, 1.807) is 24.3 Å². The third-order valence-corrected chi connectivity index (χ3v) is 8.24. The maximum absolute atomic E-state index is 13.8. The number of ether oxygens (including phenoxy) is 1. The highest BCUT2D eigenvalue weighted by Gasteiger charge is 2.36. The number of halogens is 1. The number of carbonyl (C=O) groups is 2. The summed E-state index contributed by atoms with van der Waals surface area (Å²) in [4.78, 5) is 32.9. The fourth-order valence-electron chi connectivity index (χ4n) is 4.54. The Labute approximate surface area is 251 Å². The smallest absolute Gasteiger partial charge is 0.247 e. The van der Waals surface area contributed by atoms with E-state index in [1.807, 2.05) is 56.3 Å². The third kappa shape index (κ3) is 11.3. The molecule has 1 aliphatic rings. The molecule has 1 fully saturated rings. The number of nitrogens with one attached hydrogen (secondary N) is 2. The van der Waals surface area contributed by atoms with E-state index in [1.165, 1.54) is 0 Å². The Kier molecular flexibility index (Phi) is 13.0. The molecule has 1 saturated heterocycles. The molecule has 9 nitrogen and oxygen atoms in total. The molecule has 3 atom stereocenters. The Hall–Kier alpha value is -2.57. The van der Waals surface area contributed by atoms with Gasteiger partial charge in [0.15, 0.2) is 6.29 Å². The van der Waals surface area contributed by atoms with E-state index in [0.29, 0.717) is 25.0 Å². The molecule has 0 spiro atoms. The van der Waals surface area contributed by atoms with Crippen LogP contribution in [0.5, 0.6) is 0 Å². The summed E-state index contributed by atoms with van der Waals surface area (Å²) >= 11 is 3.37. The van der Waals surface area contributed by atoms with Gasteiger partial charge in [0.1, 0.15) is 0 Å². The zero-order valence-electron chi connectivity index (χ0n) is 23.8. The molecule has 0 aliphatic carbocycles. The standard InChI is InChI=1S/C30H40BrN3O6S/c1-22(2)20-27(29(35)32-34(41(3,37)38)21-24-15-17-25(31)18-16-24)26(13-9-12-23-10-5-4-6-11-23)30(36)33-40-28-14-7-8-19-39-28/h4-6,9-12,15-18,22,26-28H,7-8,13-14,19-21H2,1-3H3,(H,32,35)(H,33,36)/b12-9+/t26-,27+,28?/m0/s1. The summed E-state index contributed by atoms with van der Waals surface area (Å²) in [5, 5.41) is 0. The average molecular weight is 651 g/mol. The quantitative estimate of drug-likeness (QED) is 0.272. The summed E-state index contributed by atoms with van der Waals surface area (Å²) in [5.41, 5.74) is 6.78. The number of allylic oxidation sites excluding steroid dienone is 1. The number of carbonyl (C=O) groups excluding carboxylic acids is 2. The molecule has 2 aromatic rings. The molecule has 224 valence electrons. The van der Waals surface area contributed by atoms with Crippen LogP contribution in [0.1, 0.15) is 57.1 Å². The van der Waals surface area contributed by atoms with Crippen molar-refractivity contribution in [2.45, 2.75) is 58.8 Å². The number of sulfonamides is 1. The van der Waals surface area contributed by atoms with Gasteiger partial charge in [0.2, 0.25) is 21.8 Å². The van der Waals surface area contributed by atoms with Crippen LogP contribution in [0.15, 0.2) is 65.1 Å². The molecule has 0 aromatic heterocycles. The molecule has 0 radical (unpaired) electrons. The fraction of sp³-hybridized carbons (Fsp3) is 0.467. The number of hydrogen-bond donors (Lipinski definition) is 2. The van der Waals surface area contributed by atoms with Crippen molar-refractivity contribution in [2.24, 2.45) is 17.8 Å². The van der Waals surface area contributed by atoms with E-state index in [0.717, 1.165) is 33.5 Å². The van der Waals surface area contributed by atoms with Crippen LogP contribution >= 0.6 is 15.9 Å². The number of hydrogen-bond acceptors (Lipinski definition) is 6. The van der Waals surface area contributed by atoms with Gasteiger partial charge in [-0.2, -0.15) is 0 Å². The molecule has 2 aromatic carbocycles. The number of hydroxylamine groups is 1. The lowest BCUT2D eigenvalue weighted by Gasteiger charge is -2.30. The number of benzene rings is 2. The van der Waals surface area contributed by atoms with Crippen LogP contribution in [-0.2, 0) is 35.7 Å². The molecular formula is C30H40BrN3O6S. The van der Waals surface area contributed by atoms with Crippen LogP contribution in [0.3, 0.4) is 0 Å². The third-order valence-electron chi connectivity index (χ3n) is 6.69. The maximum atomic E-state index is 13.8. The number of nitrogens with zero attached hydrogens (tertiary/aromatic N) is 1. The SMILES string of the molecule is CC(C)C[C@@H](C(=O)NN(Cc1ccc(Br)cc1)S(C)(=O)=O)[C@H](C/C=C/c1ccccc1)C(=O)NOC1CCCCO1. The van der Waals surface area contributed by atoms with E-state index < -0.39 is 40.0 Å². The molecule has 1 unspecified atom stereocenters. The minimum absolute atomic E-state index is 0.0555. The Morgan fingerprint density at radius 3 is 2.39 bits per heavy atom.